The van der Waals surface area contributed by atoms with Crippen LogP contribution in [0.5, 0.6) is 0 Å². The summed E-state index contributed by atoms with van der Waals surface area (Å²) in [4.78, 5) is 44.7. The molecule has 7 heteroatoms. The van der Waals surface area contributed by atoms with Crippen molar-refractivity contribution < 1.29 is 14.4 Å². The molecule has 1 N–H and O–H groups in total. The number of halogens is 1. The summed E-state index contributed by atoms with van der Waals surface area (Å²) in [5.74, 6) is -0.154. The van der Waals surface area contributed by atoms with Crippen molar-refractivity contribution in [2.75, 3.05) is 0 Å². The summed E-state index contributed by atoms with van der Waals surface area (Å²) in [6.07, 6.45) is 3.29. The van der Waals surface area contributed by atoms with Crippen LogP contribution in [0, 0.1) is 0 Å². The molecule has 3 aromatic rings. The lowest BCUT2D eigenvalue weighted by Crippen LogP contribution is -2.49. The Kier molecular flexibility index (Phi) is 6.65. The first-order chi connectivity index (χ1) is 18.9. The molecular formula is C32H28ClN3O3. The lowest BCUT2D eigenvalue weighted by Gasteiger charge is -2.30. The number of allylic oxidation sites excluding steroid dienone is 1. The Morgan fingerprint density at radius 2 is 1.85 bits per heavy atom. The summed E-state index contributed by atoms with van der Waals surface area (Å²) in [6.45, 7) is 4.22. The van der Waals surface area contributed by atoms with E-state index in [1.165, 1.54) is 5.56 Å². The maximum absolute atomic E-state index is 13.0. The number of ketones is 1. The van der Waals surface area contributed by atoms with E-state index in [-0.39, 0.29) is 17.6 Å². The highest BCUT2D eigenvalue weighted by Crippen LogP contribution is 2.32. The largest absolute Gasteiger partial charge is 0.329 e. The predicted molar refractivity (Wildman–Crippen MR) is 151 cm³/mol. The van der Waals surface area contributed by atoms with Gasteiger partial charge in [0.05, 0.1) is 11.4 Å². The second-order valence-electron chi connectivity index (χ2n) is 10.5. The van der Waals surface area contributed by atoms with E-state index in [1.54, 1.807) is 4.90 Å². The molecule has 0 saturated carbocycles. The third kappa shape index (κ3) is 5.04. The Bertz CT molecular complexity index is 1570. The summed E-state index contributed by atoms with van der Waals surface area (Å²) in [5, 5.41) is 3.40. The van der Waals surface area contributed by atoms with Gasteiger partial charge in [-0.2, -0.15) is 0 Å². The highest BCUT2D eigenvalue weighted by atomic mass is 35.5. The fraction of sp³-hybridized carbons (Fsp3) is 0.250. The topological polar surface area (TPSA) is 78.8 Å². The zero-order valence-electron chi connectivity index (χ0n) is 21.5. The van der Waals surface area contributed by atoms with Crippen LogP contribution in [0.3, 0.4) is 0 Å². The maximum atomic E-state index is 13.0. The molecule has 0 aliphatic carbocycles. The first-order valence-corrected chi connectivity index (χ1v) is 13.6. The number of nitrogens with one attached hydrogen (secondary N) is 1. The van der Waals surface area contributed by atoms with Crippen LogP contribution >= 0.6 is 11.6 Å². The Morgan fingerprint density at radius 3 is 2.67 bits per heavy atom. The molecule has 6 nitrogen and oxygen atoms in total. The number of rotatable bonds is 7. The third-order valence-electron chi connectivity index (χ3n) is 7.74. The number of Topliss-reactive ketones (excluding diaryl/α,β-unsaturated/α-hetero) is 1. The molecule has 3 aromatic carbocycles. The number of carbonyl (C=O) groups is 3. The average molecular weight is 538 g/mol. The highest BCUT2D eigenvalue weighted by Gasteiger charge is 2.38. The van der Waals surface area contributed by atoms with Crippen LogP contribution in [0.4, 0.5) is 5.69 Å². The average Bonchev–Trinajstić information content (AvgIpc) is 3.49. The molecule has 0 spiro atoms. The molecule has 2 amide bonds. The second kappa shape index (κ2) is 10.3. The normalized spacial score (nSPS) is 18.1. The Balaban J connectivity index is 1.08. The van der Waals surface area contributed by atoms with Crippen molar-refractivity contribution >= 4 is 40.6 Å². The van der Waals surface area contributed by atoms with E-state index in [0.29, 0.717) is 54.9 Å². The van der Waals surface area contributed by atoms with Crippen LogP contribution in [0.1, 0.15) is 57.4 Å². The lowest BCUT2D eigenvalue weighted by molar-refractivity contribution is -0.126. The molecule has 0 radical (unpaired) electrons. The van der Waals surface area contributed by atoms with Crippen LogP contribution in [-0.2, 0) is 35.4 Å². The second-order valence-corrected chi connectivity index (χ2v) is 10.9. The van der Waals surface area contributed by atoms with Gasteiger partial charge in [0.25, 0.3) is 5.91 Å². The molecule has 196 valence electrons. The minimum absolute atomic E-state index is 0.117. The predicted octanol–water partition coefficient (Wildman–Crippen LogP) is 5.51. The van der Waals surface area contributed by atoms with Gasteiger partial charge in [0.15, 0.2) is 0 Å². The zero-order valence-corrected chi connectivity index (χ0v) is 22.3. The van der Waals surface area contributed by atoms with Gasteiger partial charge in [-0.25, -0.2) is 0 Å². The van der Waals surface area contributed by atoms with E-state index in [9.17, 15) is 14.4 Å². The van der Waals surface area contributed by atoms with Gasteiger partial charge < -0.3 is 10.2 Å². The molecule has 6 rings (SSSR count). The number of fused-ring (bicyclic) bond motifs is 2. The summed E-state index contributed by atoms with van der Waals surface area (Å²) in [7, 11) is 0. The molecular weight excluding hydrogens is 510 g/mol. The first-order valence-electron chi connectivity index (χ1n) is 13.2. The van der Waals surface area contributed by atoms with Gasteiger partial charge in [0.2, 0.25) is 5.91 Å². The van der Waals surface area contributed by atoms with E-state index in [2.05, 4.69) is 18.0 Å². The molecule has 3 aliphatic rings. The van der Waals surface area contributed by atoms with Crippen LogP contribution < -0.4 is 5.32 Å². The molecule has 1 fully saturated rings. The monoisotopic (exact) mass is 537 g/mol. The summed E-state index contributed by atoms with van der Waals surface area (Å²) >= 11 is 6.51. The van der Waals surface area contributed by atoms with Crippen molar-refractivity contribution in [1.29, 1.82) is 0 Å². The lowest BCUT2D eigenvalue weighted by atomic mass is 9.97. The molecule has 3 aliphatic heterocycles. The zero-order chi connectivity index (χ0) is 27.1. The number of benzene rings is 3. The minimum Gasteiger partial charge on any atom is -0.329 e. The number of para-hydroxylation sites is 1. The first kappa shape index (κ1) is 25.3. The van der Waals surface area contributed by atoms with Crippen molar-refractivity contribution in [2.24, 2.45) is 4.99 Å². The number of nitrogens with zero attached hydrogens (tertiary/aromatic N) is 2. The van der Waals surface area contributed by atoms with Crippen molar-refractivity contribution in [1.82, 2.24) is 10.2 Å². The van der Waals surface area contributed by atoms with E-state index < -0.39 is 6.04 Å². The van der Waals surface area contributed by atoms with Gasteiger partial charge in [-0.3, -0.25) is 19.4 Å². The molecule has 0 aromatic heterocycles. The van der Waals surface area contributed by atoms with Crippen molar-refractivity contribution in [3.8, 4) is 0 Å². The van der Waals surface area contributed by atoms with Crippen molar-refractivity contribution in [2.45, 2.75) is 51.1 Å². The standard InChI is InChI=1S/C32H28ClN3O3/c1-19-6-13-30(31(38)34-19)36-18-23-14-20(8-11-25(23)32(36)39)7-10-24(37)15-21-9-12-27(33)26(16-21)29-17-22-4-2-3-5-28(22)35-29/h2-5,8-9,11-12,14,16,30H,1,6-7,10,13,15,17-18H2,(H,34,38). The van der Waals surface area contributed by atoms with Crippen molar-refractivity contribution in [3.63, 3.8) is 0 Å². The van der Waals surface area contributed by atoms with Crippen LogP contribution in [-0.4, -0.2) is 34.3 Å². The highest BCUT2D eigenvalue weighted by molar-refractivity contribution is 6.34. The van der Waals surface area contributed by atoms with Gasteiger partial charge >= 0.3 is 0 Å². The Labute approximate surface area is 232 Å². The minimum atomic E-state index is -0.478. The van der Waals surface area contributed by atoms with E-state index in [1.807, 2.05) is 54.6 Å². The van der Waals surface area contributed by atoms with Crippen LogP contribution in [0.2, 0.25) is 5.02 Å². The van der Waals surface area contributed by atoms with Crippen LogP contribution in [0.25, 0.3) is 0 Å². The molecule has 0 bridgehead atoms. The number of carbonyl (C=O) groups excluding carboxylic acids is 3. The SMILES string of the molecule is C=C1CCC(N2Cc3cc(CCC(=O)Cc4ccc(Cl)c(C5=Nc6ccccc6C5)c4)ccc3C2=O)C(=O)N1. The Morgan fingerprint density at radius 1 is 1.03 bits per heavy atom. The molecule has 1 saturated heterocycles. The quantitative estimate of drug-likeness (QED) is 0.431. The Hall–Kier alpha value is -4.03. The number of hydrogen-bond donors (Lipinski definition) is 1. The summed E-state index contributed by atoms with van der Waals surface area (Å²) < 4.78 is 0. The number of hydrogen-bond acceptors (Lipinski definition) is 4. The smallest absolute Gasteiger partial charge is 0.255 e. The number of aryl methyl sites for hydroxylation is 1. The molecule has 1 atom stereocenters. The van der Waals surface area contributed by atoms with Crippen LogP contribution in [0.15, 0.2) is 77.9 Å². The van der Waals surface area contributed by atoms with Gasteiger partial charge in [0.1, 0.15) is 11.8 Å². The number of piperidine rings is 1. The molecule has 1 unspecified atom stereocenters. The third-order valence-corrected chi connectivity index (χ3v) is 8.07. The van der Waals surface area contributed by atoms with Gasteiger partial charge in [-0.15, -0.1) is 0 Å². The van der Waals surface area contributed by atoms with Crippen molar-refractivity contribution in [3.05, 3.63) is 111 Å². The van der Waals surface area contributed by atoms with E-state index in [0.717, 1.165) is 40.1 Å². The molecule has 3 heterocycles. The molecule has 39 heavy (non-hydrogen) atoms. The van der Waals surface area contributed by atoms with E-state index >= 15 is 0 Å². The summed E-state index contributed by atoms with van der Waals surface area (Å²) in [6, 6.07) is 19.0. The summed E-state index contributed by atoms with van der Waals surface area (Å²) in [5.41, 5.74) is 8.11. The van der Waals surface area contributed by atoms with Gasteiger partial charge in [0, 0.05) is 47.7 Å². The van der Waals surface area contributed by atoms with Gasteiger partial charge in [-0.1, -0.05) is 54.6 Å². The number of amides is 2. The van der Waals surface area contributed by atoms with E-state index in [4.69, 9.17) is 16.6 Å². The maximum Gasteiger partial charge on any atom is 0.255 e. The number of aliphatic imine (C=N–C) groups is 1. The van der Waals surface area contributed by atoms with Gasteiger partial charge in [-0.05, 0) is 65.8 Å². The fourth-order valence-electron chi connectivity index (χ4n) is 5.66. The fourth-order valence-corrected chi connectivity index (χ4v) is 5.88.